The lowest BCUT2D eigenvalue weighted by Crippen LogP contribution is -2.46. The monoisotopic (exact) mass is 354 g/mol. The topological polar surface area (TPSA) is 82.8 Å². The summed E-state index contributed by atoms with van der Waals surface area (Å²) in [6, 6.07) is 5.49. The van der Waals surface area contributed by atoms with Gasteiger partial charge < -0.3 is 25.3 Å². The van der Waals surface area contributed by atoms with Crippen molar-refractivity contribution >= 4 is 18.3 Å². The number of halogens is 1. The Kier molecular flexibility index (Phi) is 5.06. The number of carbonyl (C=O) groups excluding carboxylic acids is 1. The molecule has 0 saturated heterocycles. The van der Waals surface area contributed by atoms with E-state index in [9.17, 15) is 4.79 Å². The van der Waals surface area contributed by atoms with Gasteiger partial charge in [-0.1, -0.05) is 0 Å². The van der Waals surface area contributed by atoms with Gasteiger partial charge in [-0.3, -0.25) is 4.79 Å². The smallest absolute Gasteiger partial charge is 0.231 e. The molecule has 0 spiro atoms. The zero-order valence-electron chi connectivity index (χ0n) is 13.4. The van der Waals surface area contributed by atoms with Gasteiger partial charge >= 0.3 is 0 Å². The lowest BCUT2D eigenvalue weighted by molar-refractivity contribution is -0.127. The fourth-order valence-electron chi connectivity index (χ4n) is 4.15. The first-order valence-electron chi connectivity index (χ1n) is 8.28. The Labute approximate surface area is 147 Å². The van der Waals surface area contributed by atoms with Crippen LogP contribution in [0.25, 0.3) is 0 Å². The van der Waals surface area contributed by atoms with E-state index in [2.05, 4.69) is 5.32 Å². The third-order valence-electron chi connectivity index (χ3n) is 5.30. The molecule has 1 amide bonds. The Balaban J connectivity index is 0.00000169. The van der Waals surface area contributed by atoms with Gasteiger partial charge in [0.1, 0.15) is 12.4 Å². The molecule has 3 aliphatic rings. The molecule has 1 heterocycles. The Morgan fingerprint density at radius 3 is 2.83 bits per heavy atom. The molecule has 4 atom stereocenters. The average molecular weight is 355 g/mol. The Morgan fingerprint density at radius 1 is 1.25 bits per heavy atom. The second-order valence-corrected chi connectivity index (χ2v) is 6.59. The predicted molar refractivity (Wildman–Crippen MR) is 90.6 cm³/mol. The molecule has 2 bridgehead atoms. The van der Waals surface area contributed by atoms with Crippen LogP contribution in [-0.4, -0.2) is 31.9 Å². The van der Waals surface area contributed by atoms with E-state index in [1.165, 1.54) is 6.42 Å². The van der Waals surface area contributed by atoms with E-state index in [0.29, 0.717) is 36.5 Å². The van der Waals surface area contributed by atoms with Gasteiger partial charge in [-0.25, -0.2) is 0 Å². The molecule has 1 aliphatic heterocycles. The van der Waals surface area contributed by atoms with Crippen molar-refractivity contribution < 1.29 is 19.0 Å². The Bertz CT molecular complexity index is 610. The van der Waals surface area contributed by atoms with Gasteiger partial charge in [-0.05, 0) is 43.2 Å². The van der Waals surface area contributed by atoms with Crippen molar-refractivity contribution in [2.75, 3.05) is 19.9 Å². The highest BCUT2D eigenvalue weighted by Gasteiger charge is 2.48. The maximum atomic E-state index is 12.3. The molecule has 0 radical (unpaired) electrons. The number of amides is 1. The number of nitrogens with one attached hydrogen (secondary N) is 1. The van der Waals surface area contributed by atoms with Crippen LogP contribution in [0.3, 0.4) is 0 Å². The molecule has 4 rings (SSSR count). The van der Waals surface area contributed by atoms with Crippen LogP contribution in [0, 0.1) is 17.8 Å². The van der Waals surface area contributed by atoms with Crippen molar-refractivity contribution in [1.29, 1.82) is 0 Å². The maximum absolute atomic E-state index is 12.3. The van der Waals surface area contributed by atoms with Crippen LogP contribution in [0.5, 0.6) is 17.2 Å². The summed E-state index contributed by atoms with van der Waals surface area (Å²) in [4.78, 5) is 12.3. The zero-order chi connectivity index (χ0) is 15.8. The van der Waals surface area contributed by atoms with E-state index in [4.69, 9.17) is 19.9 Å². The predicted octanol–water partition coefficient (Wildman–Crippen LogP) is 1.71. The number of fused-ring (bicyclic) bond motifs is 3. The number of hydrogen-bond acceptors (Lipinski definition) is 5. The van der Waals surface area contributed by atoms with Gasteiger partial charge in [0.05, 0.1) is 12.5 Å². The maximum Gasteiger partial charge on any atom is 0.231 e. The van der Waals surface area contributed by atoms with E-state index in [1.807, 2.05) is 12.1 Å². The molecule has 3 N–H and O–H groups in total. The molecule has 6 nitrogen and oxygen atoms in total. The molecule has 1 aromatic rings. The van der Waals surface area contributed by atoms with Crippen LogP contribution in [0.2, 0.25) is 0 Å². The summed E-state index contributed by atoms with van der Waals surface area (Å²) in [7, 11) is 0. The zero-order valence-corrected chi connectivity index (χ0v) is 14.2. The van der Waals surface area contributed by atoms with Crippen molar-refractivity contribution in [2.24, 2.45) is 23.5 Å². The standard InChI is InChI=1S/C17H22N2O4.ClH/c18-16-11-2-1-10(7-11)15(16)17(20)19-5-6-21-12-3-4-13-14(8-12)23-9-22-13;/h3-4,8,10-11,15-16H,1-2,5-7,9,18H2,(H,19,20);1H. The summed E-state index contributed by atoms with van der Waals surface area (Å²) >= 11 is 0. The van der Waals surface area contributed by atoms with E-state index in [1.54, 1.807) is 6.07 Å². The van der Waals surface area contributed by atoms with Crippen molar-refractivity contribution in [2.45, 2.75) is 25.3 Å². The largest absolute Gasteiger partial charge is 0.492 e. The molecule has 1 aromatic carbocycles. The molecule has 4 unspecified atom stereocenters. The minimum Gasteiger partial charge on any atom is -0.492 e. The van der Waals surface area contributed by atoms with Gasteiger partial charge in [-0.2, -0.15) is 0 Å². The Hall–Kier alpha value is -1.66. The fraction of sp³-hybridized carbons (Fsp3) is 0.588. The van der Waals surface area contributed by atoms with Crippen LogP contribution < -0.4 is 25.3 Å². The summed E-state index contributed by atoms with van der Waals surface area (Å²) in [5.41, 5.74) is 6.19. The Morgan fingerprint density at radius 2 is 2.04 bits per heavy atom. The van der Waals surface area contributed by atoms with Crippen molar-refractivity contribution in [3.63, 3.8) is 0 Å². The van der Waals surface area contributed by atoms with Crippen molar-refractivity contribution in [1.82, 2.24) is 5.32 Å². The highest BCUT2D eigenvalue weighted by molar-refractivity contribution is 5.85. The SMILES string of the molecule is Cl.NC1C2CCC(C2)C1C(=O)NCCOc1ccc2c(c1)OCO2. The molecule has 2 saturated carbocycles. The second-order valence-electron chi connectivity index (χ2n) is 6.59. The van der Waals surface area contributed by atoms with E-state index >= 15 is 0 Å². The van der Waals surface area contributed by atoms with Gasteiger partial charge in [0, 0.05) is 12.1 Å². The fourth-order valence-corrected chi connectivity index (χ4v) is 4.15. The van der Waals surface area contributed by atoms with Crippen LogP contribution in [0.15, 0.2) is 18.2 Å². The minimum atomic E-state index is -0.0145. The van der Waals surface area contributed by atoms with Gasteiger partial charge in [-0.15, -0.1) is 12.4 Å². The number of carbonyl (C=O) groups is 1. The summed E-state index contributed by atoms with van der Waals surface area (Å²) in [6.07, 6.45) is 3.44. The van der Waals surface area contributed by atoms with Gasteiger partial charge in [0.2, 0.25) is 12.7 Å². The molecular formula is C17H23ClN2O4. The van der Waals surface area contributed by atoms with E-state index < -0.39 is 0 Å². The van der Waals surface area contributed by atoms with Crippen LogP contribution in [0.1, 0.15) is 19.3 Å². The summed E-state index contributed by atoms with van der Waals surface area (Å²) in [5, 5.41) is 2.96. The number of hydrogen-bond donors (Lipinski definition) is 2. The van der Waals surface area contributed by atoms with Crippen molar-refractivity contribution in [3.8, 4) is 17.2 Å². The first-order valence-corrected chi connectivity index (χ1v) is 8.28. The lowest BCUT2D eigenvalue weighted by atomic mass is 9.84. The molecular weight excluding hydrogens is 332 g/mol. The van der Waals surface area contributed by atoms with Crippen LogP contribution in [-0.2, 0) is 4.79 Å². The van der Waals surface area contributed by atoms with Crippen molar-refractivity contribution in [3.05, 3.63) is 18.2 Å². The molecule has 24 heavy (non-hydrogen) atoms. The highest BCUT2D eigenvalue weighted by atomic mass is 35.5. The lowest BCUT2D eigenvalue weighted by Gasteiger charge is -2.27. The normalized spacial score (nSPS) is 29.2. The summed E-state index contributed by atoms with van der Waals surface area (Å²) in [6.45, 7) is 1.15. The third-order valence-corrected chi connectivity index (χ3v) is 5.30. The first-order chi connectivity index (χ1) is 11.2. The quantitative estimate of drug-likeness (QED) is 0.786. The van der Waals surface area contributed by atoms with Gasteiger partial charge in [0.25, 0.3) is 0 Å². The average Bonchev–Trinajstić information content (AvgIpc) is 3.26. The van der Waals surface area contributed by atoms with E-state index in [-0.39, 0.29) is 37.1 Å². The molecule has 2 aliphatic carbocycles. The number of rotatable bonds is 5. The van der Waals surface area contributed by atoms with Crippen LogP contribution in [0.4, 0.5) is 0 Å². The molecule has 132 valence electrons. The third kappa shape index (κ3) is 3.13. The van der Waals surface area contributed by atoms with Crippen LogP contribution >= 0.6 is 12.4 Å². The van der Waals surface area contributed by atoms with Gasteiger partial charge in [0.15, 0.2) is 11.5 Å². The van der Waals surface area contributed by atoms with E-state index in [0.717, 1.165) is 18.6 Å². The number of ether oxygens (including phenoxy) is 3. The number of benzene rings is 1. The number of nitrogens with two attached hydrogens (primary N) is 1. The molecule has 7 heteroatoms. The molecule has 0 aromatic heterocycles. The highest BCUT2D eigenvalue weighted by Crippen LogP contribution is 2.47. The summed E-state index contributed by atoms with van der Waals surface area (Å²) in [5.74, 6) is 3.22. The first kappa shape index (κ1) is 17.2. The minimum absolute atomic E-state index is 0. The summed E-state index contributed by atoms with van der Waals surface area (Å²) < 4.78 is 16.2. The second kappa shape index (κ2) is 7.07. The molecule has 2 fully saturated rings.